The maximum atomic E-state index is 10.7. The molecule has 0 amide bonds. The van der Waals surface area contributed by atoms with Crippen molar-refractivity contribution in [2.45, 2.75) is 11.8 Å². The molecule has 0 aliphatic carbocycles. The van der Waals surface area contributed by atoms with Gasteiger partial charge in [-0.3, -0.25) is 4.55 Å². The van der Waals surface area contributed by atoms with E-state index in [-0.39, 0.29) is 4.90 Å². The molecule has 3 nitrogen and oxygen atoms in total. The number of halogens is 1. The van der Waals surface area contributed by atoms with Crippen LogP contribution in [-0.4, -0.2) is 13.0 Å². The lowest BCUT2D eigenvalue weighted by molar-refractivity contribution is 0.482. The van der Waals surface area contributed by atoms with E-state index in [0.29, 0.717) is 5.56 Å². The van der Waals surface area contributed by atoms with Gasteiger partial charge in [-0.1, -0.05) is 15.9 Å². The molecule has 0 saturated carbocycles. The fourth-order valence-electron chi connectivity index (χ4n) is 0.902. The lowest BCUT2D eigenvalue weighted by atomic mass is 10.2. The minimum absolute atomic E-state index is 0.0503. The van der Waals surface area contributed by atoms with E-state index in [1.54, 1.807) is 19.1 Å². The van der Waals surface area contributed by atoms with Crippen LogP contribution in [0.15, 0.2) is 27.6 Å². The molecule has 0 bridgehead atoms. The van der Waals surface area contributed by atoms with Crippen LogP contribution in [0.1, 0.15) is 5.56 Å². The molecule has 0 saturated heterocycles. The van der Waals surface area contributed by atoms with Crippen LogP contribution in [0.3, 0.4) is 0 Å². The molecule has 1 aromatic rings. The molecule has 0 fully saturated rings. The second kappa shape index (κ2) is 3.16. The zero-order valence-electron chi connectivity index (χ0n) is 6.28. The standard InChI is InChI=1S/C7H7BrO3S/c1-5-4-6(8)2-3-7(5)12(9,10)11/h2-4H,1H3,(H,9,10,11). The van der Waals surface area contributed by atoms with E-state index in [4.69, 9.17) is 4.55 Å². The van der Waals surface area contributed by atoms with E-state index in [1.807, 2.05) is 0 Å². The van der Waals surface area contributed by atoms with Crippen molar-refractivity contribution in [3.8, 4) is 0 Å². The smallest absolute Gasteiger partial charge is 0.282 e. The summed E-state index contributed by atoms with van der Waals surface area (Å²) in [4.78, 5) is -0.0503. The lowest BCUT2D eigenvalue weighted by Crippen LogP contribution is -2.00. The first-order chi connectivity index (χ1) is 5.41. The molecule has 0 aromatic heterocycles. The predicted octanol–water partition coefficient (Wildman–Crippen LogP) is 2.00. The van der Waals surface area contributed by atoms with Crippen LogP contribution in [0, 0.1) is 6.92 Å². The molecule has 0 aliphatic rings. The van der Waals surface area contributed by atoms with Crippen molar-refractivity contribution in [1.82, 2.24) is 0 Å². The van der Waals surface area contributed by atoms with Gasteiger partial charge in [-0.05, 0) is 30.7 Å². The number of benzene rings is 1. The Morgan fingerprint density at radius 2 is 2.00 bits per heavy atom. The van der Waals surface area contributed by atoms with Gasteiger partial charge in [-0.2, -0.15) is 8.42 Å². The van der Waals surface area contributed by atoms with Gasteiger partial charge < -0.3 is 0 Å². The maximum absolute atomic E-state index is 10.7. The van der Waals surface area contributed by atoms with Crippen molar-refractivity contribution in [3.05, 3.63) is 28.2 Å². The first-order valence-corrected chi connectivity index (χ1v) is 5.38. The van der Waals surface area contributed by atoms with Gasteiger partial charge in [-0.15, -0.1) is 0 Å². The molecule has 66 valence electrons. The average Bonchev–Trinajstić information content (AvgIpc) is 1.83. The van der Waals surface area contributed by atoms with Gasteiger partial charge in [0.25, 0.3) is 10.1 Å². The summed E-state index contributed by atoms with van der Waals surface area (Å²) in [7, 11) is -4.07. The van der Waals surface area contributed by atoms with E-state index in [9.17, 15) is 8.42 Å². The molecule has 0 spiro atoms. The fourth-order valence-corrected chi connectivity index (χ4v) is 2.08. The van der Waals surface area contributed by atoms with Crippen LogP contribution in [0.4, 0.5) is 0 Å². The number of hydrogen-bond donors (Lipinski definition) is 1. The Kier molecular flexibility index (Phi) is 2.55. The second-order valence-electron chi connectivity index (χ2n) is 2.38. The summed E-state index contributed by atoms with van der Waals surface area (Å²) in [5.74, 6) is 0. The third-order valence-electron chi connectivity index (χ3n) is 1.41. The summed E-state index contributed by atoms with van der Waals surface area (Å²) in [5, 5.41) is 0. The highest BCUT2D eigenvalue weighted by molar-refractivity contribution is 9.10. The molecule has 1 aromatic carbocycles. The number of aryl methyl sites for hydroxylation is 1. The van der Waals surface area contributed by atoms with Crippen molar-refractivity contribution in [2.24, 2.45) is 0 Å². The van der Waals surface area contributed by atoms with Crippen LogP contribution in [0.5, 0.6) is 0 Å². The Morgan fingerprint density at radius 3 is 2.42 bits per heavy atom. The van der Waals surface area contributed by atoms with Crippen LogP contribution < -0.4 is 0 Å². The number of hydrogen-bond acceptors (Lipinski definition) is 2. The van der Waals surface area contributed by atoms with Gasteiger partial charge >= 0.3 is 0 Å². The zero-order chi connectivity index (χ0) is 9.35. The van der Waals surface area contributed by atoms with Crippen molar-refractivity contribution in [3.63, 3.8) is 0 Å². The third-order valence-corrected chi connectivity index (χ3v) is 2.92. The molecule has 0 radical (unpaired) electrons. The van der Waals surface area contributed by atoms with Crippen molar-refractivity contribution < 1.29 is 13.0 Å². The van der Waals surface area contributed by atoms with E-state index >= 15 is 0 Å². The molecule has 5 heteroatoms. The van der Waals surface area contributed by atoms with Gasteiger partial charge in [0, 0.05) is 4.47 Å². The zero-order valence-corrected chi connectivity index (χ0v) is 8.68. The summed E-state index contributed by atoms with van der Waals surface area (Å²) in [5.41, 5.74) is 0.520. The fraction of sp³-hybridized carbons (Fsp3) is 0.143. The van der Waals surface area contributed by atoms with Crippen molar-refractivity contribution in [2.75, 3.05) is 0 Å². The summed E-state index contributed by atoms with van der Waals surface area (Å²) in [6.45, 7) is 1.62. The molecule has 12 heavy (non-hydrogen) atoms. The normalized spacial score (nSPS) is 11.6. The summed E-state index contributed by atoms with van der Waals surface area (Å²) < 4.78 is 30.9. The molecule has 0 unspecified atom stereocenters. The quantitative estimate of drug-likeness (QED) is 0.776. The van der Waals surface area contributed by atoms with Gasteiger partial charge in [0.05, 0.1) is 4.90 Å². The topological polar surface area (TPSA) is 54.4 Å². The van der Waals surface area contributed by atoms with E-state index < -0.39 is 10.1 Å². The monoisotopic (exact) mass is 250 g/mol. The van der Waals surface area contributed by atoms with Crippen molar-refractivity contribution in [1.29, 1.82) is 0 Å². The van der Waals surface area contributed by atoms with E-state index in [0.717, 1.165) is 4.47 Å². The summed E-state index contributed by atoms with van der Waals surface area (Å²) in [6.07, 6.45) is 0. The second-order valence-corrected chi connectivity index (χ2v) is 4.69. The van der Waals surface area contributed by atoms with Crippen molar-refractivity contribution >= 4 is 26.0 Å². The Bertz CT molecular complexity index is 397. The minimum Gasteiger partial charge on any atom is -0.282 e. The van der Waals surface area contributed by atoms with Gasteiger partial charge in [0.2, 0.25) is 0 Å². The highest BCUT2D eigenvalue weighted by Crippen LogP contribution is 2.19. The molecule has 0 heterocycles. The Morgan fingerprint density at radius 1 is 1.42 bits per heavy atom. The molecule has 0 atom stereocenters. The maximum Gasteiger partial charge on any atom is 0.294 e. The lowest BCUT2D eigenvalue weighted by Gasteiger charge is -2.01. The van der Waals surface area contributed by atoms with Gasteiger partial charge in [0.15, 0.2) is 0 Å². The number of rotatable bonds is 1. The first kappa shape index (κ1) is 9.70. The Labute approximate surface area is 79.3 Å². The minimum atomic E-state index is -4.07. The molecule has 1 rings (SSSR count). The molecule has 1 N–H and O–H groups in total. The molecule has 0 aliphatic heterocycles. The SMILES string of the molecule is Cc1cc(Br)ccc1S(=O)(=O)O. The Hall–Kier alpha value is -0.390. The largest absolute Gasteiger partial charge is 0.294 e. The van der Waals surface area contributed by atoms with Crippen LogP contribution >= 0.6 is 15.9 Å². The highest BCUT2D eigenvalue weighted by atomic mass is 79.9. The highest BCUT2D eigenvalue weighted by Gasteiger charge is 2.11. The summed E-state index contributed by atoms with van der Waals surface area (Å²) in [6, 6.07) is 4.55. The Balaban J connectivity index is 3.39. The predicted molar refractivity (Wildman–Crippen MR) is 48.7 cm³/mol. The van der Waals surface area contributed by atoms with Gasteiger partial charge in [0.1, 0.15) is 0 Å². The average molecular weight is 251 g/mol. The van der Waals surface area contributed by atoms with Gasteiger partial charge in [-0.25, -0.2) is 0 Å². The first-order valence-electron chi connectivity index (χ1n) is 3.15. The van der Waals surface area contributed by atoms with Crippen LogP contribution in [0.2, 0.25) is 0 Å². The third kappa shape index (κ3) is 2.06. The van der Waals surface area contributed by atoms with Crippen LogP contribution in [0.25, 0.3) is 0 Å². The van der Waals surface area contributed by atoms with Crippen LogP contribution in [-0.2, 0) is 10.1 Å². The molecular weight excluding hydrogens is 244 g/mol. The van der Waals surface area contributed by atoms with E-state index in [1.165, 1.54) is 6.07 Å². The van der Waals surface area contributed by atoms with E-state index in [2.05, 4.69) is 15.9 Å². The summed E-state index contributed by atoms with van der Waals surface area (Å²) >= 11 is 3.19. The molecular formula is C7H7BrO3S.